The maximum absolute atomic E-state index is 12.9. The summed E-state index contributed by atoms with van der Waals surface area (Å²) in [5.74, 6) is 0.902. The van der Waals surface area contributed by atoms with E-state index in [2.05, 4.69) is 79.2 Å². The van der Waals surface area contributed by atoms with Crippen molar-refractivity contribution in [3.63, 3.8) is 0 Å². The lowest BCUT2D eigenvalue weighted by atomic mass is 9.86. The van der Waals surface area contributed by atoms with Gasteiger partial charge in [0, 0.05) is 42.1 Å². The maximum Gasteiger partial charge on any atom is 0.265 e. The van der Waals surface area contributed by atoms with Gasteiger partial charge in [-0.25, -0.2) is 9.97 Å². The molecule has 176 valence electrons. The molecule has 1 fully saturated rings. The maximum atomic E-state index is 12.9. The normalized spacial score (nSPS) is 20.9. The van der Waals surface area contributed by atoms with Gasteiger partial charge in [-0.15, -0.1) is 5.10 Å². The van der Waals surface area contributed by atoms with Crippen LogP contribution in [0.25, 0.3) is 11.4 Å². The van der Waals surface area contributed by atoms with Gasteiger partial charge in [0.1, 0.15) is 4.88 Å². The number of nitrogens with zero attached hydrogens (tertiary/aromatic N) is 5. The van der Waals surface area contributed by atoms with Gasteiger partial charge in [0.05, 0.1) is 11.7 Å². The van der Waals surface area contributed by atoms with E-state index in [9.17, 15) is 4.79 Å². The molecule has 0 bridgehead atoms. The number of hydrogen-bond donors (Lipinski definition) is 1. The Morgan fingerprint density at radius 1 is 1.06 bits per heavy atom. The number of rotatable bonds is 3. The first kappa shape index (κ1) is 21.9. The first-order valence-electron chi connectivity index (χ1n) is 12.0. The van der Waals surface area contributed by atoms with Crippen molar-refractivity contribution in [1.29, 1.82) is 0 Å². The Morgan fingerprint density at radius 3 is 2.63 bits per heavy atom. The number of carbonyl (C=O) groups is 1. The average Bonchev–Trinajstić information content (AvgIpc) is 3.30. The third kappa shape index (κ3) is 3.87. The van der Waals surface area contributed by atoms with Crippen LogP contribution in [-0.4, -0.2) is 38.0 Å². The SMILES string of the molecule is Cc1nnsc1C(=O)N[C@@H]1CCN2c3ccc(-c4ncccn4)cc3[C@H](C)c3ccccc3[C@H]2C1. The molecule has 8 heteroatoms. The van der Waals surface area contributed by atoms with E-state index in [1.807, 2.05) is 13.0 Å². The van der Waals surface area contributed by atoms with Gasteiger partial charge in [0.2, 0.25) is 0 Å². The molecule has 4 aromatic rings. The number of fused-ring (bicyclic) bond motifs is 5. The summed E-state index contributed by atoms with van der Waals surface area (Å²) in [5, 5.41) is 7.25. The predicted molar refractivity (Wildman–Crippen MR) is 137 cm³/mol. The molecule has 7 nitrogen and oxygen atoms in total. The number of carbonyl (C=O) groups excluding carboxylic acids is 1. The third-order valence-corrected chi connectivity index (χ3v) is 8.07. The van der Waals surface area contributed by atoms with Crippen molar-refractivity contribution in [3.8, 4) is 11.4 Å². The Kier molecular flexibility index (Phi) is 5.53. The van der Waals surface area contributed by atoms with E-state index in [-0.39, 0.29) is 23.9 Å². The molecule has 2 aliphatic heterocycles. The van der Waals surface area contributed by atoms with Crippen LogP contribution in [0.5, 0.6) is 0 Å². The molecule has 2 aromatic carbocycles. The van der Waals surface area contributed by atoms with Crippen LogP contribution in [-0.2, 0) is 0 Å². The molecule has 3 atom stereocenters. The van der Waals surface area contributed by atoms with Crippen molar-refractivity contribution in [3.05, 3.63) is 88.2 Å². The third-order valence-electron chi connectivity index (χ3n) is 7.24. The van der Waals surface area contributed by atoms with Crippen molar-refractivity contribution < 1.29 is 4.79 Å². The number of aromatic nitrogens is 4. The molecule has 1 amide bonds. The van der Waals surface area contributed by atoms with Crippen molar-refractivity contribution in [2.75, 3.05) is 11.4 Å². The van der Waals surface area contributed by atoms with Gasteiger partial charge in [0.15, 0.2) is 5.82 Å². The molecule has 35 heavy (non-hydrogen) atoms. The fourth-order valence-electron chi connectivity index (χ4n) is 5.50. The van der Waals surface area contributed by atoms with Gasteiger partial charge in [0.25, 0.3) is 5.91 Å². The van der Waals surface area contributed by atoms with Crippen LogP contribution in [0, 0.1) is 6.92 Å². The fraction of sp³-hybridized carbons (Fsp3) is 0.296. The van der Waals surface area contributed by atoms with Crippen LogP contribution in [0.15, 0.2) is 60.9 Å². The number of aryl methyl sites for hydroxylation is 1. The van der Waals surface area contributed by atoms with E-state index < -0.39 is 0 Å². The largest absolute Gasteiger partial charge is 0.364 e. The summed E-state index contributed by atoms with van der Waals surface area (Å²) in [7, 11) is 0. The molecule has 0 aliphatic carbocycles. The van der Waals surface area contributed by atoms with E-state index in [0.29, 0.717) is 10.6 Å². The molecule has 2 aliphatic rings. The number of anilines is 1. The topological polar surface area (TPSA) is 83.9 Å². The van der Waals surface area contributed by atoms with Crippen molar-refractivity contribution in [1.82, 2.24) is 24.9 Å². The van der Waals surface area contributed by atoms with Crippen LogP contribution in [0.1, 0.15) is 63.8 Å². The molecule has 0 unspecified atom stereocenters. The Hall–Kier alpha value is -3.65. The lowest BCUT2D eigenvalue weighted by molar-refractivity contribution is 0.0930. The minimum Gasteiger partial charge on any atom is -0.364 e. The van der Waals surface area contributed by atoms with Crippen LogP contribution < -0.4 is 10.2 Å². The van der Waals surface area contributed by atoms with Crippen LogP contribution in [0.3, 0.4) is 0 Å². The summed E-state index contributed by atoms with van der Waals surface area (Å²) >= 11 is 1.16. The molecule has 4 heterocycles. The van der Waals surface area contributed by atoms with E-state index in [1.165, 1.54) is 22.4 Å². The lowest BCUT2D eigenvalue weighted by Gasteiger charge is -2.41. The molecule has 2 aromatic heterocycles. The van der Waals surface area contributed by atoms with Crippen LogP contribution in [0.4, 0.5) is 5.69 Å². The lowest BCUT2D eigenvalue weighted by Crippen LogP contribution is -2.46. The first-order valence-corrected chi connectivity index (χ1v) is 12.7. The molecule has 1 N–H and O–H groups in total. The van der Waals surface area contributed by atoms with E-state index in [4.69, 9.17) is 0 Å². The summed E-state index contributed by atoms with van der Waals surface area (Å²) < 4.78 is 3.92. The van der Waals surface area contributed by atoms with Gasteiger partial charge in [-0.3, -0.25) is 4.79 Å². The fourth-order valence-corrected chi connectivity index (χ4v) is 6.06. The minimum absolute atomic E-state index is 0.0703. The predicted octanol–water partition coefficient (Wildman–Crippen LogP) is 4.91. The second-order valence-electron chi connectivity index (χ2n) is 9.29. The Morgan fingerprint density at radius 2 is 1.86 bits per heavy atom. The molecular formula is C27H26N6OS. The molecule has 6 rings (SSSR count). The monoisotopic (exact) mass is 482 g/mol. The standard InChI is InChI=1S/C27H26N6OS/c1-16-20-6-3-4-7-21(20)24-15-19(30-27(34)25-17(2)31-32-35-25)10-13-33(24)23-9-8-18(14-22(16)23)26-28-11-5-12-29-26/h3-9,11-12,14,16,19,24H,10,13,15H2,1-2H3,(H,30,34)/t16-,19-,24-/m1/s1. The van der Waals surface area contributed by atoms with E-state index >= 15 is 0 Å². The van der Waals surface area contributed by atoms with Gasteiger partial charge < -0.3 is 10.2 Å². The summed E-state index contributed by atoms with van der Waals surface area (Å²) in [6.45, 7) is 4.98. The quantitative estimate of drug-likeness (QED) is 0.447. The highest BCUT2D eigenvalue weighted by molar-refractivity contribution is 7.08. The highest BCUT2D eigenvalue weighted by atomic mass is 32.1. The smallest absolute Gasteiger partial charge is 0.265 e. The van der Waals surface area contributed by atoms with E-state index in [1.54, 1.807) is 12.4 Å². The van der Waals surface area contributed by atoms with Gasteiger partial charge in [-0.2, -0.15) is 0 Å². The van der Waals surface area contributed by atoms with Crippen LogP contribution in [0.2, 0.25) is 0 Å². The second kappa shape index (κ2) is 8.85. The second-order valence-corrected chi connectivity index (χ2v) is 10.0. The minimum atomic E-state index is -0.0703. The summed E-state index contributed by atoms with van der Waals surface area (Å²) in [6.07, 6.45) is 5.30. The Balaban J connectivity index is 1.37. The number of nitrogens with one attached hydrogen (secondary N) is 1. The Labute approximate surface area is 208 Å². The van der Waals surface area contributed by atoms with Crippen molar-refractivity contribution in [2.45, 2.75) is 44.7 Å². The highest BCUT2D eigenvalue weighted by Gasteiger charge is 2.37. The molecule has 0 spiro atoms. The number of benzene rings is 2. The van der Waals surface area contributed by atoms with Crippen LogP contribution >= 0.6 is 11.5 Å². The van der Waals surface area contributed by atoms with Gasteiger partial charge >= 0.3 is 0 Å². The molecule has 0 radical (unpaired) electrons. The molecule has 1 saturated heterocycles. The molecule has 0 saturated carbocycles. The van der Waals surface area contributed by atoms with Crippen molar-refractivity contribution >= 4 is 23.1 Å². The average molecular weight is 483 g/mol. The first-order chi connectivity index (χ1) is 17.1. The number of amides is 1. The van der Waals surface area contributed by atoms with Crippen molar-refractivity contribution in [2.24, 2.45) is 0 Å². The highest BCUT2D eigenvalue weighted by Crippen LogP contribution is 2.47. The molecular weight excluding hydrogens is 456 g/mol. The summed E-state index contributed by atoms with van der Waals surface area (Å²) in [4.78, 5) is 24.9. The summed E-state index contributed by atoms with van der Waals surface area (Å²) in [5.41, 5.74) is 6.93. The zero-order chi connectivity index (χ0) is 23.9. The zero-order valence-corrected chi connectivity index (χ0v) is 20.5. The Bertz CT molecular complexity index is 1390. The van der Waals surface area contributed by atoms with E-state index in [0.717, 1.165) is 42.3 Å². The zero-order valence-electron chi connectivity index (χ0n) is 19.7. The summed E-state index contributed by atoms with van der Waals surface area (Å²) in [6, 6.07) is 17.5. The van der Waals surface area contributed by atoms with Gasteiger partial charge in [-0.1, -0.05) is 35.7 Å². The number of piperidine rings is 1. The van der Waals surface area contributed by atoms with Gasteiger partial charge in [-0.05, 0) is 72.3 Å². The number of hydrogen-bond acceptors (Lipinski definition) is 7.